The number of nitrogens with zero attached hydrogens (tertiary/aromatic N) is 1. The molecule has 1 aliphatic heterocycles. The summed E-state index contributed by atoms with van der Waals surface area (Å²) >= 11 is 0. The monoisotopic (exact) mass is 361 g/mol. The third kappa shape index (κ3) is 4.80. The predicted octanol–water partition coefficient (Wildman–Crippen LogP) is 1.03. The Morgan fingerprint density at radius 2 is 2.08 bits per heavy atom. The topological polar surface area (TPSA) is 101 Å². The van der Waals surface area contributed by atoms with Gasteiger partial charge in [0.15, 0.2) is 0 Å². The SMILES string of the molecule is O=C(N[C@H]1CC[C@H](CCNC(=O)C2CCC2)O[C@H]1CO)c1ccccn1. The van der Waals surface area contributed by atoms with Gasteiger partial charge in [0.05, 0.1) is 18.8 Å². The fourth-order valence-electron chi connectivity index (χ4n) is 3.42. The Bertz CT molecular complexity index is 606. The number of aliphatic hydroxyl groups excluding tert-OH is 1. The fourth-order valence-corrected chi connectivity index (χ4v) is 3.42. The van der Waals surface area contributed by atoms with Crippen LogP contribution in [0.4, 0.5) is 0 Å². The molecule has 2 amide bonds. The number of carbonyl (C=O) groups is 2. The summed E-state index contributed by atoms with van der Waals surface area (Å²) in [5.41, 5.74) is 0.352. The van der Waals surface area contributed by atoms with E-state index in [-0.39, 0.29) is 36.5 Å². The summed E-state index contributed by atoms with van der Waals surface area (Å²) in [7, 11) is 0. The van der Waals surface area contributed by atoms with Crippen LogP contribution in [-0.4, -0.2) is 53.3 Å². The number of ether oxygens (including phenoxy) is 1. The standard InChI is InChI=1S/C19H27N3O4/c23-12-17-15(22-19(25)16-6-1-2-10-20-16)8-7-14(26-17)9-11-21-18(24)13-4-3-5-13/h1-2,6,10,13-15,17,23H,3-5,7-9,11-12H2,(H,21,24)(H,22,25)/t14-,15+,17+/m1/s1. The molecule has 2 aliphatic rings. The molecular weight excluding hydrogens is 334 g/mol. The number of carbonyl (C=O) groups excluding carboxylic acids is 2. The van der Waals surface area contributed by atoms with Gasteiger partial charge in [-0.1, -0.05) is 12.5 Å². The summed E-state index contributed by atoms with van der Waals surface area (Å²) in [4.78, 5) is 28.1. The molecular formula is C19H27N3O4. The lowest BCUT2D eigenvalue weighted by molar-refractivity contribution is -0.127. The van der Waals surface area contributed by atoms with Crippen LogP contribution >= 0.6 is 0 Å². The van der Waals surface area contributed by atoms with E-state index < -0.39 is 6.10 Å². The summed E-state index contributed by atoms with van der Waals surface area (Å²) in [5.74, 6) is 0.0776. The van der Waals surface area contributed by atoms with Gasteiger partial charge in [0, 0.05) is 18.7 Å². The molecule has 0 aromatic carbocycles. The van der Waals surface area contributed by atoms with Gasteiger partial charge in [-0.2, -0.15) is 0 Å². The Labute approximate surface area is 153 Å². The minimum atomic E-state index is -0.441. The van der Waals surface area contributed by atoms with Crippen LogP contribution in [0, 0.1) is 5.92 Å². The van der Waals surface area contributed by atoms with E-state index in [9.17, 15) is 14.7 Å². The summed E-state index contributed by atoms with van der Waals surface area (Å²) < 4.78 is 5.93. The number of hydrogen-bond acceptors (Lipinski definition) is 5. The zero-order valence-electron chi connectivity index (χ0n) is 14.9. The number of pyridine rings is 1. The Morgan fingerprint density at radius 3 is 2.73 bits per heavy atom. The summed E-state index contributed by atoms with van der Waals surface area (Å²) in [5, 5.41) is 15.5. The van der Waals surface area contributed by atoms with Gasteiger partial charge in [-0.3, -0.25) is 14.6 Å². The van der Waals surface area contributed by atoms with Crippen molar-refractivity contribution in [3.63, 3.8) is 0 Å². The van der Waals surface area contributed by atoms with E-state index in [1.165, 1.54) is 0 Å². The first kappa shape index (κ1) is 18.8. The number of aliphatic hydroxyl groups is 1. The smallest absolute Gasteiger partial charge is 0.270 e. The molecule has 7 nitrogen and oxygen atoms in total. The fraction of sp³-hybridized carbons (Fsp3) is 0.632. The van der Waals surface area contributed by atoms with Crippen LogP contribution in [-0.2, 0) is 9.53 Å². The van der Waals surface area contributed by atoms with Crippen LogP contribution in [0.15, 0.2) is 24.4 Å². The second-order valence-electron chi connectivity index (χ2n) is 7.06. The van der Waals surface area contributed by atoms with Crippen LogP contribution < -0.4 is 10.6 Å². The highest BCUT2D eigenvalue weighted by molar-refractivity contribution is 5.92. The number of nitrogens with one attached hydrogen (secondary N) is 2. The summed E-state index contributed by atoms with van der Waals surface area (Å²) in [6.07, 6.45) is 6.48. The van der Waals surface area contributed by atoms with E-state index in [0.29, 0.717) is 12.2 Å². The average Bonchev–Trinajstić information content (AvgIpc) is 2.62. The number of aromatic nitrogens is 1. The molecule has 0 bridgehead atoms. The molecule has 2 fully saturated rings. The first-order valence-electron chi connectivity index (χ1n) is 9.43. The van der Waals surface area contributed by atoms with E-state index in [1.807, 2.05) is 0 Å². The Balaban J connectivity index is 1.43. The van der Waals surface area contributed by atoms with Crippen LogP contribution in [0.2, 0.25) is 0 Å². The Morgan fingerprint density at radius 1 is 1.23 bits per heavy atom. The van der Waals surface area contributed by atoms with Crippen LogP contribution in [0.3, 0.4) is 0 Å². The number of amides is 2. The molecule has 3 N–H and O–H groups in total. The highest BCUT2D eigenvalue weighted by Crippen LogP contribution is 2.26. The number of rotatable bonds is 7. The lowest BCUT2D eigenvalue weighted by Crippen LogP contribution is -2.51. The molecule has 1 aliphatic carbocycles. The molecule has 2 heterocycles. The van der Waals surface area contributed by atoms with Gasteiger partial charge in [-0.15, -0.1) is 0 Å². The van der Waals surface area contributed by atoms with Crippen LogP contribution in [0.5, 0.6) is 0 Å². The van der Waals surface area contributed by atoms with Crippen molar-refractivity contribution in [3.05, 3.63) is 30.1 Å². The Kier molecular flexibility index (Phi) is 6.57. The zero-order valence-corrected chi connectivity index (χ0v) is 14.9. The van der Waals surface area contributed by atoms with Gasteiger partial charge in [-0.25, -0.2) is 0 Å². The van der Waals surface area contributed by atoms with E-state index in [2.05, 4.69) is 15.6 Å². The van der Waals surface area contributed by atoms with Gasteiger partial charge in [0.25, 0.3) is 5.91 Å². The third-order valence-corrected chi connectivity index (χ3v) is 5.25. The molecule has 3 atom stereocenters. The highest BCUT2D eigenvalue weighted by atomic mass is 16.5. The van der Waals surface area contributed by atoms with Crippen molar-refractivity contribution >= 4 is 11.8 Å². The van der Waals surface area contributed by atoms with Gasteiger partial charge < -0.3 is 20.5 Å². The maximum absolute atomic E-state index is 12.2. The largest absolute Gasteiger partial charge is 0.394 e. The van der Waals surface area contributed by atoms with Crippen molar-refractivity contribution in [2.45, 2.75) is 56.8 Å². The quantitative estimate of drug-likeness (QED) is 0.673. The van der Waals surface area contributed by atoms with Crippen molar-refractivity contribution in [1.82, 2.24) is 15.6 Å². The van der Waals surface area contributed by atoms with E-state index >= 15 is 0 Å². The molecule has 0 radical (unpaired) electrons. The predicted molar refractivity (Wildman–Crippen MR) is 95.4 cm³/mol. The van der Waals surface area contributed by atoms with E-state index in [0.717, 1.165) is 38.5 Å². The molecule has 1 aromatic rings. The normalized spacial score (nSPS) is 26.0. The van der Waals surface area contributed by atoms with Crippen LogP contribution in [0.25, 0.3) is 0 Å². The first-order valence-corrected chi connectivity index (χ1v) is 9.43. The van der Waals surface area contributed by atoms with Crippen molar-refractivity contribution < 1.29 is 19.4 Å². The van der Waals surface area contributed by atoms with Crippen molar-refractivity contribution in [1.29, 1.82) is 0 Å². The van der Waals surface area contributed by atoms with E-state index in [4.69, 9.17) is 4.74 Å². The first-order chi connectivity index (χ1) is 12.7. The molecule has 1 aromatic heterocycles. The Hall–Kier alpha value is -1.99. The number of hydrogen-bond donors (Lipinski definition) is 3. The average molecular weight is 361 g/mol. The molecule has 1 saturated carbocycles. The molecule has 3 rings (SSSR count). The van der Waals surface area contributed by atoms with Crippen molar-refractivity contribution in [3.8, 4) is 0 Å². The van der Waals surface area contributed by atoms with Gasteiger partial charge >= 0.3 is 0 Å². The van der Waals surface area contributed by atoms with Crippen LogP contribution in [0.1, 0.15) is 49.0 Å². The minimum absolute atomic E-state index is 0.0168. The molecule has 1 saturated heterocycles. The molecule has 0 unspecified atom stereocenters. The lowest BCUT2D eigenvalue weighted by Gasteiger charge is -2.36. The maximum Gasteiger partial charge on any atom is 0.270 e. The highest BCUT2D eigenvalue weighted by Gasteiger charge is 2.32. The van der Waals surface area contributed by atoms with Gasteiger partial charge in [0.1, 0.15) is 11.8 Å². The second kappa shape index (κ2) is 9.09. The van der Waals surface area contributed by atoms with Gasteiger partial charge in [-0.05, 0) is 44.2 Å². The maximum atomic E-state index is 12.2. The molecule has 0 spiro atoms. The van der Waals surface area contributed by atoms with E-state index in [1.54, 1.807) is 24.4 Å². The van der Waals surface area contributed by atoms with Gasteiger partial charge in [0.2, 0.25) is 5.91 Å². The van der Waals surface area contributed by atoms with Crippen molar-refractivity contribution in [2.75, 3.05) is 13.2 Å². The lowest BCUT2D eigenvalue weighted by atomic mass is 9.85. The molecule has 26 heavy (non-hydrogen) atoms. The summed E-state index contributed by atoms with van der Waals surface area (Å²) in [6.45, 7) is 0.432. The summed E-state index contributed by atoms with van der Waals surface area (Å²) in [6, 6.07) is 4.93. The van der Waals surface area contributed by atoms with Crippen molar-refractivity contribution in [2.24, 2.45) is 5.92 Å². The molecule has 7 heteroatoms. The second-order valence-corrected chi connectivity index (χ2v) is 7.06. The third-order valence-electron chi connectivity index (χ3n) is 5.25. The molecule has 142 valence electrons. The minimum Gasteiger partial charge on any atom is -0.394 e. The zero-order chi connectivity index (χ0) is 18.4.